The average Bonchev–Trinajstić information content (AvgIpc) is 3.75. The second kappa shape index (κ2) is 10.7. The van der Waals surface area contributed by atoms with E-state index < -0.39 is 30.5 Å². The Kier molecular flexibility index (Phi) is 7.40. The fourth-order valence-corrected chi connectivity index (χ4v) is 6.87. The number of aromatic nitrogens is 2. The number of piperidine rings is 1. The lowest BCUT2D eigenvalue weighted by molar-refractivity contribution is -0.140. The van der Waals surface area contributed by atoms with Crippen LogP contribution in [-0.2, 0) is 23.6 Å². The summed E-state index contributed by atoms with van der Waals surface area (Å²) in [5.41, 5.74) is 2.07. The van der Waals surface area contributed by atoms with Crippen LogP contribution in [0.15, 0.2) is 30.5 Å². The number of aromatic amines is 1. The van der Waals surface area contributed by atoms with E-state index in [4.69, 9.17) is 23.8 Å². The third-order valence-corrected chi connectivity index (χ3v) is 9.92. The van der Waals surface area contributed by atoms with E-state index in [1.165, 1.54) is 7.11 Å². The number of fused-ring (bicyclic) bond motifs is 2. The van der Waals surface area contributed by atoms with Crippen molar-refractivity contribution in [2.24, 2.45) is 11.8 Å². The van der Waals surface area contributed by atoms with Gasteiger partial charge in [-0.15, -0.1) is 0 Å². The Morgan fingerprint density at radius 3 is 2.41 bits per heavy atom. The van der Waals surface area contributed by atoms with Crippen LogP contribution >= 0.6 is 0 Å². The molecule has 4 heterocycles. The molecule has 4 atom stereocenters. The van der Waals surface area contributed by atoms with E-state index in [0.717, 1.165) is 54.6 Å². The Hall–Kier alpha value is -2.89. The van der Waals surface area contributed by atoms with E-state index in [2.05, 4.69) is 38.0 Å². The van der Waals surface area contributed by atoms with E-state index in [-0.39, 0.29) is 23.9 Å². The minimum atomic E-state index is -0.648. The summed E-state index contributed by atoms with van der Waals surface area (Å²) in [5, 5.41) is 2.86. The van der Waals surface area contributed by atoms with Gasteiger partial charge in [0, 0.05) is 19.3 Å². The number of likely N-dealkylation sites (tertiary alicyclic amines) is 1. The van der Waals surface area contributed by atoms with Crippen LogP contribution < -0.4 is 10.8 Å². The van der Waals surface area contributed by atoms with E-state index in [1.54, 1.807) is 0 Å². The number of hydrogen-bond donors (Lipinski definition) is 2. The van der Waals surface area contributed by atoms with Crippen LogP contribution in [0, 0.1) is 11.8 Å². The van der Waals surface area contributed by atoms with Gasteiger partial charge >= 0.3 is 13.2 Å². The third-order valence-electron chi connectivity index (χ3n) is 9.92. The molecule has 2 amide bonds. The normalized spacial score (nSPS) is 27.7. The maximum absolute atomic E-state index is 14.2. The van der Waals surface area contributed by atoms with Gasteiger partial charge in [0.25, 0.3) is 0 Å². The van der Waals surface area contributed by atoms with Crippen molar-refractivity contribution in [1.82, 2.24) is 20.2 Å². The molecule has 1 aromatic heterocycles. The van der Waals surface area contributed by atoms with Gasteiger partial charge in [0.1, 0.15) is 11.9 Å². The number of imidazole rings is 1. The maximum Gasteiger partial charge on any atom is 0.494 e. The number of carbonyl (C=O) groups is 2. The molecule has 3 saturated heterocycles. The van der Waals surface area contributed by atoms with Crippen molar-refractivity contribution in [3.63, 3.8) is 0 Å². The molecule has 2 aromatic rings. The Balaban J connectivity index is 1.22. The van der Waals surface area contributed by atoms with Crippen LogP contribution in [0.4, 0.5) is 4.79 Å². The summed E-state index contributed by atoms with van der Waals surface area (Å²) in [4.78, 5) is 36.7. The molecule has 2 bridgehead atoms. The number of amides is 2. The fourth-order valence-electron chi connectivity index (χ4n) is 6.87. The topological polar surface area (TPSA) is 115 Å². The van der Waals surface area contributed by atoms with Crippen molar-refractivity contribution in [2.75, 3.05) is 20.3 Å². The van der Waals surface area contributed by atoms with Crippen molar-refractivity contribution >= 4 is 24.6 Å². The predicted octanol–water partition coefficient (Wildman–Crippen LogP) is 3.58. The molecule has 4 aliphatic rings. The molecule has 1 saturated carbocycles. The van der Waals surface area contributed by atoms with E-state index in [0.29, 0.717) is 19.1 Å². The predicted molar refractivity (Wildman–Crippen MR) is 153 cm³/mol. The van der Waals surface area contributed by atoms with Crippen LogP contribution in [-0.4, -0.2) is 77.6 Å². The Bertz CT molecular complexity index is 1260. The number of ether oxygens (including phenoxy) is 2. The summed E-state index contributed by atoms with van der Waals surface area (Å²) in [6.07, 6.45) is 5.69. The highest BCUT2D eigenvalue weighted by molar-refractivity contribution is 6.62. The molecule has 11 heteroatoms. The molecule has 1 unspecified atom stereocenters. The number of carbonyl (C=O) groups excluding carboxylic acids is 2. The number of nitrogens with one attached hydrogen (secondary N) is 2. The van der Waals surface area contributed by atoms with Gasteiger partial charge in [-0.1, -0.05) is 24.3 Å². The zero-order chi connectivity index (χ0) is 28.9. The van der Waals surface area contributed by atoms with Crippen molar-refractivity contribution in [3.05, 3.63) is 36.3 Å². The summed E-state index contributed by atoms with van der Waals surface area (Å²) in [7, 11) is 0.913. The van der Waals surface area contributed by atoms with E-state index in [1.807, 2.05) is 35.4 Å². The van der Waals surface area contributed by atoms with Gasteiger partial charge in [0.15, 0.2) is 0 Å². The molecule has 10 nitrogen and oxygen atoms in total. The number of hydrogen-bond acceptors (Lipinski definition) is 7. The van der Waals surface area contributed by atoms with Crippen molar-refractivity contribution in [1.29, 1.82) is 0 Å². The first kappa shape index (κ1) is 28.2. The van der Waals surface area contributed by atoms with Crippen LogP contribution in [0.2, 0.25) is 0 Å². The largest absolute Gasteiger partial charge is 0.494 e. The first-order valence-corrected chi connectivity index (χ1v) is 14.8. The number of methoxy groups -OCH3 is 1. The van der Waals surface area contributed by atoms with Crippen LogP contribution in [0.1, 0.15) is 71.7 Å². The third kappa shape index (κ3) is 5.17. The van der Waals surface area contributed by atoms with Crippen LogP contribution in [0.3, 0.4) is 0 Å². The summed E-state index contributed by atoms with van der Waals surface area (Å²) >= 11 is 0. The van der Waals surface area contributed by atoms with Gasteiger partial charge < -0.3 is 34.0 Å². The zero-order valence-electron chi connectivity index (χ0n) is 24.6. The molecular weight excluding hydrogens is 523 g/mol. The van der Waals surface area contributed by atoms with E-state index in [9.17, 15) is 9.59 Å². The average molecular weight is 564 g/mol. The monoisotopic (exact) mass is 564 g/mol. The molecule has 0 radical (unpaired) electrons. The molecular formula is C30H41BN4O6. The number of benzene rings is 1. The zero-order valence-corrected chi connectivity index (χ0v) is 24.6. The molecule has 2 N–H and O–H groups in total. The number of H-pyrrole nitrogens is 1. The van der Waals surface area contributed by atoms with Gasteiger partial charge in [0.05, 0.1) is 36.2 Å². The Morgan fingerprint density at radius 1 is 1.07 bits per heavy atom. The first-order chi connectivity index (χ1) is 19.6. The minimum Gasteiger partial charge on any atom is -0.453 e. The van der Waals surface area contributed by atoms with Gasteiger partial charge in [-0.25, -0.2) is 9.78 Å². The number of nitrogens with zero attached hydrogens (tertiary/aromatic N) is 2. The minimum absolute atomic E-state index is 0.00443. The molecule has 6 rings (SSSR count). The molecule has 4 fully saturated rings. The maximum atomic E-state index is 14.2. The second-order valence-corrected chi connectivity index (χ2v) is 12.9. The quantitative estimate of drug-likeness (QED) is 0.516. The highest BCUT2D eigenvalue weighted by atomic mass is 16.7. The molecule has 41 heavy (non-hydrogen) atoms. The van der Waals surface area contributed by atoms with Crippen molar-refractivity contribution in [3.8, 4) is 11.3 Å². The number of rotatable bonds is 6. The van der Waals surface area contributed by atoms with E-state index >= 15 is 0 Å². The van der Waals surface area contributed by atoms with Crippen molar-refractivity contribution < 1.29 is 28.4 Å². The number of alkyl carbamates (subject to hydrolysis) is 1. The molecule has 3 aliphatic heterocycles. The highest BCUT2D eigenvalue weighted by Crippen LogP contribution is 2.50. The second-order valence-electron chi connectivity index (χ2n) is 12.9. The molecule has 1 aromatic carbocycles. The smallest absolute Gasteiger partial charge is 0.453 e. The summed E-state index contributed by atoms with van der Waals surface area (Å²) in [6, 6.07) is 7.49. The molecule has 220 valence electrons. The summed E-state index contributed by atoms with van der Waals surface area (Å²) < 4.78 is 22.8. The van der Waals surface area contributed by atoms with Gasteiger partial charge in [-0.3, -0.25) is 4.79 Å². The highest BCUT2D eigenvalue weighted by Gasteiger charge is 2.53. The van der Waals surface area contributed by atoms with Crippen LogP contribution in [0.25, 0.3) is 11.3 Å². The Morgan fingerprint density at radius 2 is 1.76 bits per heavy atom. The Labute approximate surface area is 242 Å². The standard InChI is InChI=1S/C30H41BN4O6/c1-29(2)30(3,4)41-31(40-29)21-9-6-18(7-10-21)23-17-32-26(33-23)25-20-8-11-22(16-20)35(25)27(36)24(34-28(37)38-5)19-12-14-39-15-13-19/h6-7,9-10,17,19-20,22,24-25H,8,11-16H2,1-5H3,(H,32,33)(H,34,37)/t20-,22+,24-,25?/m0/s1. The van der Waals surface area contributed by atoms with Crippen LogP contribution in [0.5, 0.6) is 0 Å². The first-order valence-electron chi connectivity index (χ1n) is 14.8. The summed E-state index contributed by atoms with van der Waals surface area (Å²) in [6.45, 7) is 9.37. The lowest BCUT2D eigenvalue weighted by atomic mass is 9.79. The summed E-state index contributed by atoms with van der Waals surface area (Å²) in [5.74, 6) is 1.08. The van der Waals surface area contributed by atoms with Gasteiger partial charge in [-0.2, -0.15) is 0 Å². The SMILES string of the molecule is COC(=O)N[C@H](C(=O)N1C(c2ncc(-c3ccc(B4OC(C)(C)C(C)(C)O4)cc3)[nH]2)[C@H]2CC[C@@H]1C2)C1CCOCC1. The molecule has 0 spiro atoms. The molecule has 1 aliphatic carbocycles. The van der Waals surface area contributed by atoms with Gasteiger partial charge in [-0.05, 0) is 82.7 Å². The lowest BCUT2D eigenvalue weighted by Gasteiger charge is -2.39. The fraction of sp³-hybridized carbons (Fsp3) is 0.633. The van der Waals surface area contributed by atoms with Gasteiger partial charge in [0.2, 0.25) is 5.91 Å². The van der Waals surface area contributed by atoms with Crippen molar-refractivity contribution in [2.45, 2.75) is 89.1 Å². The lowest BCUT2D eigenvalue weighted by Crippen LogP contribution is -2.55.